The molecule has 1 aromatic rings. The Labute approximate surface area is 105 Å². The van der Waals surface area contributed by atoms with E-state index >= 15 is 0 Å². The minimum absolute atomic E-state index is 0.00699. The lowest BCUT2D eigenvalue weighted by molar-refractivity contribution is -0.117. The molecule has 0 fully saturated rings. The molecule has 6 nitrogen and oxygen atoms in total. The summed E-state index contributed by atoms with van der Waals surface area (Å²) in [5, 5.41) is 11.5. The Bertz CT molecular complexity index is 459. The highest BCUT2D eigenvalue weighted by molar-refractivity contribution is 6.02. The third-order valence-electron chi connectivity index (χ3n) is 2.49. The summed E-state index contributed by atoms with van der Waals surface area (Å²) >= 11 is 0. The minimum atomic E-state index is -1.13. The number of hydrogen-bond donors (Lipinski definition) is 3. The zero-order chi connectivity index (χ0) is 13.7. The minimum Gasteiger partial charge on any atom is -0.497 e. The van der Waals surface area contributed by atoms with E-state index in [9.17, 15) is 9.59 Å². The van der Waals surface area contributed by atoms with Gasteiger partial charge in [-0.3, -0.25) is 4.79 Å². The standard InChI is InChI=1S/C12H16N2O4/c1-3-9(13)11(15)14-10-6-7(18-2)4-5-8(10)12(16)17/h4-6,9H,3,13H2,1-2H3,(H,14,15)(H,16,17). The number of carbonyl (C=O) groups is 2. The summed E-state index contributed by atoms with van der Waals surface area (Å²) in [4.78, 5) is 22.7. The average Bonchev–Trinajstić information content (AvgIpc) is 2.37. The molecule has 6 heteroatoms. The van der Waals surface area contributed by atoms with E-state index in [-0.39, 0.29) is 11.3 Å². The molecule has 1 aromatic carbocycles. The number of carbonyl (C=O) groups excluding carboxylic acids is 1. The van der Waals surface area contributed by atoms with Gasteiger partial charge in [-0.15, -0.1) is 0 Å². The highest BCUT2D eigenvalue weighted by atomic mass is 16.5. The molecule has 0 aliphatic heterocycles. The summed E-state index contributed by atoms with van der Waals surface area (Å²) in [6.45, 7) is 1.77. The molecule has 0 aliphatic carbocycles. The fourth-order valence-corrected chi connectivity index (χ4v) is 1.35. The van der Waals surface area contributed by atoms with Gasteiger partial charge in [-0.05, 0) is 18.6 Å². The molecule has 1 amide bonds. The van der Waals surface area contributed by atoms with Gasteiger partial charge >= 0.3 is 5.97 Å². The van der Waals surface area contributed by atoms with Crippen molar-refractivity contribution >= 4 is 17.6 Å². The maximum atomic E-state index is 11.6. The van der Waals surface area contributed by atoms with Crippen LogP contribution in [0.15, 0.2) is 18.2 Å². The van der Waals surface area contributed by atoms with Crippen molar-refractivity contribution in [1.29, 1.82) is 0 Å². The van der Waals surface area contributed by atoms with Crippen molar-refractivity contribution in [3.8, 4) is 5.75 Å². The predicted octanol–water partition coefficient (Wildman–Crippen LogP) is 1.07. The third kappa shape index (κ3) is 3.21. The molecule has 1 atom stereocenters. The second kappa shape index (κ2) is 6.02. The van der Waals surface area contributed by atoms with E-state index in [1.807, 2.05) is 0 Å². The first kappa shape index (κ1) is 14.0. The third-order valence-corrected chi connectivity index (χ3v) is 2.49. The molecule has 18 heavy (non-hydrogen) atoms. The van der Waals surface area contributed by atoms with Crippen molar-refractivity contribution in [3.05, 3.63) is 23.8 Å². The van der Waals surface area contributed by atoms with Crippen molar-refractivity contribution in [2.75, 3.05) is 12.4 Å². The molecule has 98 valence electrons. The molecule has 0 aromatic heterocycles. The van der Waals surface area contributed by atoms with E-state index in [0.29, 0.717) is 12.2 Å². The Hall–Kier alpha value is -2.08. The Morgan fingerprint density at radius 2 is 2.17 bits per heavy atom. The molecule has 0 saturated heterocycles. The van der Waals surface area contributed by atoms with Crippen molar-refractivity contribution in [1.82, 2.24) is 0 Å². The number of carboxylic acids is 1. The van der Waals surface area contributed by atoms with Gasteiger partial charge in [-0.1, -0.05) is 6.92 Å². The molecular weight excluding hydrogens is 236 g/mol. The van der Waals surface area contributed by atoms with Gasteiger partial charge in [-0.2, -0.15) is 0 Å². The quantitative estimate of drug-likeness (QED) is 0.727. The van der Waals surface area contributed by atoms with Crippen molar-refractivity contribution < 1.29 is 19.4 Å². The van der Waals surface area contributed by atoms with Gasteiger partial charge in [0.1, 0.15) is 5.75 Å². The van der Waals surface area contributed by atoms with E-state index in [1.165, 1.54) is 25.3 Å². The largest absolute Gasteiger partial charge is 0.497 e. The van der Waals surface area contributed by atoms with E-state index in [1.54, 1.807) is 6.92 Å². The number of hydrogen-bond acceptors (Lipinski definition) is 4. The number of aromatic carboxylic acids is 1. The monoisotopic (exact) mass is 252 g/mol. The van der Waals surface area contributed by atoms with Crippen LogP contribution in [0.4, 0.5) is 5.69 Å². The van der Waals surface area contributed by atoms with Gasteiger partial charge in [0.15, 0.2) is 0 Å². The summed E-state index contributed by atoms with van der Waals surface area (Å²) in [5.74, 6) is -1.09. The summed E-state index contributed by atoms with van der Waals surface area (Å²) < 4.78 is 4.98. The van der Waals surface area contributed by atoms with Crippen LogP contribution in [-0.4, -0.2) is 30.1 Å². The zero-order valence-electron chi connectivity index (χ0n) is 10.3. The predicted molar refractivity (Wildman–Crippen MR) is 66.8 cm³/mol. The second-order valence-corrected chi connectivity index (χ2v) is 3.72. The highest BCUT2D eigenvalue weighted by Gasteiger charge is 2.16. The zero-order valence-corrected chi connectivity index (χ0v) is 10.3. The second-order valence-electron chi connectivity index (χ2n) is 3.72. The van der Waals surface area contributed by atoms with Crippen LogP contribution < -0.4 is 15.8 Å². The average molecular weight is 252 g/mol. The molecule has 0 radical (unpaired) electrons. The number of anilines is 1. The van der Waals surface area contributed by atoms with Gasteiger partial charge < -0.3 is 20.9 Å². The molecule has 1 rings (SSSR count). The van der Waals surface area contributed by atoms with Crippen LogP contribution in [0.2, 0.25) is 0 Å². The number of ether oxygens (including phenoxy) is 1. The number of rotatable bonds is 5. The molecular formula is C12H16N2O4. The van der Waals surface area contributed by atoms with Crippen LogP contribution in [0.3, 0.4) is 0 Å². The Kier molecular flexibility index (Phi) is 4.67. The maximum absolute atomic E-state index is 11.6. The van der Waals surface area contributed by atoms with Crippen molar-refractivity contribution in [3.63, 3.8) is 0 Å². The number of nitrogens with one attached hydrogen (secondary N) is 1. The molecule has 0 saturated carbocycles. The van der Waals surface area contributed by atoms with Crippen LogP contribution in [0.25, 0.3) is 0 Å². The lowest BCUT2D eigenvalue weighted by Crippen LogP contribution is -2.35. The number of nitrogens with two attached hydrogens (primary N) is 1. The lowest BCUT2D eigenvalue weighted by atomic mass is 10.1. The van der Waals surface area contributed by atoms with Crippen molar-refractivity contribution in [2.45, 2.75) is 19.4 Å². The van der Waals surface area contributed by atoms with Crippen LogP contribution >= 0.6 is 0 Å². The summed E-state index contributed by atoms with van der Waals surface area (Å²) in [6, 6.07) is 3.66. The summed E-state index contributed by atoms with van der Waals surface area (Å²) in [5.41, 5.74) is 5.74. The fourth-order valence-electron chi connectivity index (χ4n) is 1.35. The van der Waals surface area contributed by atoms with E-state index in [0.717, 1.165) is 0 Å². The van der Waals surface area contributed by atoms with E-state index in [2.05, 4.69) is 5.32 Å². The Morgan fingerprint density at radius 3 is 2.67 bits per heavy atom. The van der Waals surface area contributed by atoms with Crippen LogP contribution in [0.1, 0.15) is 23.7 Å². The number of carboxylic acid groups (broad SMARTS) is 1. The van der Waals surface area contributed by atoms with Crippen LogP contribution in [0.5, 0.6) is 5.75 Å². The highest BCUT2D eigenvalue weighted by Crippen LogP contribution is 2.22. The topological polar surface area (TPSA) is 102 Å². The van der Waals surface area contributed by atoms with Crippen LogP contribution in [-0.2, 0) is 4.79 Å². The summed E-state index contributed by atoms with van der Waals surface area (Å²) in [6.07, 6.45) is 0.470. The van der Waals surface area contributed by atoms with Gasteiger partial charge in [-0.25, -0.2) is 4.79 Å². The molecule has 4 N–H and O–H groups in total. The molecule has 0 heterocycles. The van der Waals surface area contributed by atoms with E-state index < -0.39 is 17.9 Å². The first-order valence-corrected chi connectivity index (χ1v) is 5.47. The van der Waals surface area contributed by atoms with Gasteiger partial charge in [0, 0.05) is 6.07 Å². The first-order chi connectivity index (χ1) is 8.49. The molecule has 1 unspecified atom stereocenters. The maximum Gasteiger partial charge on any atom is 0.337 e. The van der Waals surface area contributed by atoms with Crippen molar-refractivity contribution in [2.24, 2.45) is 5.73 Å². The Balaban J connectivity index is 3.04. The van der Waals surface area contributed by atoms with E-state index in [4.69, 9.17) is 15.6 Å². The molecule has 0 spiro atoms. The summed E-state index contributed by atoms with van der Waals surface area (Å²) in [7, 11) is 1.46. The Morgan fingerprint density at radius 1 is 1.50 bits per heavy atom. The SMILES string of the molecule is CCC(N)C(=O)Nc1cc(OC)ccc1C(=O)O. The van der Waals surface area contributed by atoms with Gasteiger partial charge in [0.25, 0.3) is 0 Å². The van der Waals surface area contributed by atoms with Gasteiger partial charge in [0.2, 0.25) is 5.91 Å². The number of methoxy groups -OCH3 is 1. The number of amides is 1. The normalized spacial score (nSPS) is 11.7. The smallest absolute Gasteiger partial charge is 0.337 e. The fraction of sp³-hybridized carbons (Fsp3) is 0.333. The lowest BCUT2D eigenvalue weighted by Gasteiger charge is -2.13. The number of benzene rings is 1. The molecule has 0 bridgehead atoms. The van der Waals surface area contributed by atoms with Gasteiger partial charge in [0.05, 0.1) is 24.4 Å². The molecule has 0 aliphatic rings. The first-order valence-electron chi connectivity index (χ1n) is 5.47. The van der Waals surface area contributed by atoms with Crippen LogP contribution in [0, 0.1) is 0 Å².